The lowest BCUT2D eigenvalue weighted by Crippen LogP contribution is -2.39. The Labute approximate surface area is 145 Å². The molecule has 0 N–H and O–H groups in total. The predicted octanol–water partition coefficient (Wildman–Crippen LogP) is 3.66. The molecule has 1 amide bonds. The molecule has 1 fully saturated rings. The van der Waals surface area contributed by atoms with E-state index in [-0.39, 0.29) is 11.8 Å². The van der Waals surface area contributed by atoms with Gasteiger partial charge < -0.3 is 13.7 Å². The Morgan fingerprint density at radius 1 is 1.20 bits per heavy atom. The number of nitrogens with zero attached hydrogens (tertiary/aromatic N) is 3. The van der Waals surface area contributed by atoms with Crippen LogP contribution in [0, 0.1) is 6.92 Å². The number of rotatable bonds is 3. The molecule has 0 radical (unpaired) electrons. The second-order valence-corrected chi connectivity index (χ2v) is 6.33. The molecule has 0 bridgehead atoms. The van der Waals surface area contributed by atoms with Crippen LogP contribution in [0.25, 0.3) is 11.5 Å². The van der Waals surface area contributed by atoms with E-state index in [1.165, 1.54) is 6.26 Å². The fourth-order valence-electron chi connectivity index (χ4n) is 3.24. The molecule has 128 valence electrons. The standard InChI is InChI=1S/C19H19N3O3/c1-13-6-2-3-8-15(13)18-21-20-17(25-18)14-7-4-10-22(12-14)19(23)16-9-5-11-24-16/h2-3,5-6,8-9,11,14H,4,7,10,12H2,1H3/t14-/m1/s1. The van der Waals surface area contributed by atoms with Crippen molar-refractivity contribution >= 4 is 5.91 Å². The highest BCUT2D eigenvalue weighted by Crippen LogP contribution is 2.30. The van der Waals surface area contributed by atoms with Gasteiger partial charge in [-0.25, -0.2) is 0 Å². The number of likely N-dealkylation sites (tertiary alicyclic amines) is 1. The summed E-state index contributed by atoms with van der Waals surface area (Å²) in [6, 6.07) is 11.3. The molecule has 0 unspecified atom stereocenters. The molecular weight excluding hydrogens is 318 g/mol. The molecular formula is C19H19N3O3. The third-order valence-electron chi connectivity index (χ3n) is 4.61. The van der Waals surface area contributed by atoms with Crippen LogP contribution in [0.15, 0.2) is 51.5 Å². The molecule has 3 aromatic rings. The zero-order valence-electron chi connectivity index (χ0n) is 14.0. The van der Waals surface area contributed by atoms with Crippen molar-refractivity contribution in [2.75, 3.05) is 13.1 Å². The van der Waals surface area contributed by atoms with E-state index < -0.39 is 0 Å². The molecule has 0 aliphatic carbocycles. The molecule has 25 heavy (non-hydrogen) atoms. The van der Waals surface area contributed by atoms with Crippen LogP contribution in [-0.4, -0.2) is 34.1 Å². The number of piperidine rings is 1. The number of hydrogen-bond donors (Lipinski definition) is 0. The quantitative estimate of drug-likeness (QED) is 0.729. The predicted molar refractivity (Wildman–Crippen MR) is 91.1 cm³/mol. The molecule has 6 nitrogen and oxygen atoms in total. The number of amides is 1. The van der Waals surface area contributed by atoms with E-state index in [0.29, 0.717) is 24.1 Å². The number of carbonyl (C=O) groups excluding carboxylic acids is 1. The lowest BCUT2D eigenvalue weighted by atomic mass is 9.98. The van der Waals surface area contributed by atoms with Crippen LogP contribution in [0.2, 0.25) is 0 Å². The van der Waals surface area contributed by atoms with Gasteiger partial charge in [-0.2, -0.15) is 0 Å². The van der Waals surface area contributed by atoms with Crippen molar-refractivity contribution in [2.24, 2.45) is 0 Å². The fraction of sp³-hybridized carbons (Fsp3) is 0.316. The number of furan rings is 1. The van der Waals surface area contributed by atoms with Crippen molar-refractivity contribution in [3.8, 4) is 11.5 Å². The largest absolute Gasteiger partial charge is 0.459 e. The van der Waals surface area contributed by atoms with E-state index in [1.807, 2.05) is 31.2 Å². The molecule has 4 rings (SSSR count). The van der Waals surface area contributed by atoms with Gasteiger partial charge in [0.25, 0.3) is 5.91 Å². The van der Waals surface area contributed by atoms with Crippen molar-refractivity contribution in [1.29, 1.82) is 0 Å². The van der Waals surface area contributed by atoms with Gasteiger partial charge in [0.1, 0.15) is 0 Å². The Balaban J connectivity index is 1.52. The third kappa shape index (κ3) is 3.07. The summed E-state index contributed by atoms with van der Waals surface area (Å²) in [4.78, 5) is 14.3. The maximum Gasteiger partial charge on any atom is 0.289 e. The topological polar surface area (TPSA) is 72.4 Å². The number of aromatic nitrogens is 2. The maximum absolute atomic E-state index is 12.5. The van der Waals surface area contributed by atoms with Gasteiger partial charge in [0, 0.05) is 18.7 Å². The first-order valence-corrected chi connectivity index (χ1v) is 8.44. The molecule has 0 saturated carbocycles. The average Bonchev–Trinajstić information content (AvgIpc) is 3.34. The van der Waals surface area contributed by atoms with Crippen LogP contribution >= 0.6 is 0 Å². The minimum atomic E-state index is -0.0895. The monoisotopic (exact) mass is 337 g/mol. The van der Waals surface area contributed by atoms with E-state index >= 15 is 0 Å². The van der Waals surface area contributed by atoms with Crippen molar-refractivity contribution < 1.29 is 13.6 Å². The second kappa shape index (κ2) is 6.55. The summed E-state index contributed by atoms with van der Waals surface area (Å²) >= 11 is 0. The highest BCUT2D eigenvalue weighted by Gasteiger charge is 2.30. The van der Waals surface area contributed by atoms with Gasteiger partial charge in [-0.05, 0) is 43.5 Å². The number of aryl methyl sites for hydroxylation is 1. The molecule has 1 aliphatic heterocycles. The SMILES string of the molecule is Cc1ccccc1-c1nnc([C@@H]2CCCN(C(=O)c3ccco3)C2)o1. The first kappa shape index (κ1) is 15.6. The van der Waals surface area contributed by atoms with Crippen LogP contribution in [0.5, 0.6) is 0 Å². The Bertz CT molecular complexity index is 870. The minimum Gasteiger partial charge on any atom is -0.459 e. The van der Waals surface area contributed by atoms with Crippen LogP contribution in [0.4, 0.5) is 0 Å². The van der Waals surface area contributed by atoms with E-state index in [4.69, 9.17) is 8.83 Å². The Morgan fingerprint density at radius 3 is 2.88 bits per heavy atom. The molecule has 6 heteroatoms. The Kier molecular flexibility index (Phi) is 4.09. The van der Waals surface area contributed by atoms with Gasteiger partial charge >= 0.3 is 0 Å². The van der Waals surface area contributed by atoms with Crippen molar-refractivity contribution in [1.82, 2.24) is 15.1 Å². The Hall–Kier alpha value is -2.89. The van der Waals surface area contributed by atoms with Gasteiger partial charge in [0.2, 0.25) is 11.8 Å². The van der Waals surface area contributed by atoms with Crippen LogP contribution in [-0.2, 0) is 0 Å². The highest BCUT2D eigenvalue weighted by molar-refractivity contribution is 5.91. The summed E-state index contributed by atoms with van der Waals surface area (Å²) in [5, 5.41) is 8.44. The summed E-state index contributed by atoms with van der Waals surface area (Å²) in [7, 11) is 0. The zero-order chi connectivity index (χ0) is 17.2. The fourth-order valence-corrected chi connectivity index (χ4v) is 3.24. The lowest BCUT2D eigenvalue weighted by molar-refractivity contribution is 0.0666. The van der Waals surface area contributed by atoms with Gasteiger partial charge in [-0.3, -0.25) is 4.79 Å². The average molecular weight is 337 g/mol. The molecule has 2 aromatic heterocycles. The summed E-state index contributed by atoms with van der Waals surface area (Å²) in [5.74, 6) is 1.45. The van der Waals surface area contributed by atoms with Gasteiger partial charge in [0.15, 0.2) is 5.76 Å². The van der Waals surface area contributed by atoms with E-state index in [0.717, 1.165) is 30.5 Å². The molecule has 1 atom stereocenters. The van der Waals surface area contributed by atoms with Crippen LogP contribution in [0.1, 0.15) is 40.8 Å². The van der Waals surface area contributed by atoms with Gasteiger partial charge in [0.05, 0.1) is 12.2 Å². The van der Waals surface area contributed by atoms with Gasteiger partial charge in [-0.1, -0.05) is 18.2 Å². The number of carbonyl (C=O) groups is 1. The van der Waals surface area contributed by atoms with Crippen molar-refractivity contribution in [2.45, 2.75) is 25.7 Å². The molecule has 0 spiro atoms. The van der Waals surface area contributed by atoms with E-state index in [1.54, 1.807) is 17.0 Å². The van der Waals surface area contributed by atoms with Crippen molar-refractivity contribution in [3.63, 3.8) is 0 Å². The summed E-state index contributed by atoms with van der Waals surface area (Å²) in [6.07, 6.45) is 3.34. The number of hydrogen-bond acceptors (Lipinski definition) is 5. The zero-order valence-corrected chi connectivity index (χ0v) is 14.0. The van der Waals surface area contributed by atoms with Crippen LogP contribution < -0.4 is 0 Å². The molecule has 3 heterocycles. The van der Waals surface area contributed by atoms with E-state index in [9.17, 15) is 4.79 Å². The summed E-state index contributed by atoms with van der Waals surface area (Å²) < 4.78 is 11.1. The highest BCUT2D eigenvalue weighted by atomic mass is 16.4. The summed E-state index contributed by atoms with van der Waals surface area (Å²) in [6.45, 7) is 3.30. The Morgan fingerprint density at radius 2 is 2.08 bits per heavy atom. The smallest absolute Gasteiger partial charge is 0.289 e. The first-order chi connectivity index (χ1) is 12.2. The second-order valence-electron chi connectivity index (χ2n) is 6.33. The normalized spacial score (nSPS) is 17.6. The molecule has 1 saturated heterocycles. The molecule has 1 aromatic carbocycles. The number of benzene rings is 1. The lowest BCUT2D eigenvalue weighted by Gasteiger charge is -2.30. The molecule has 1 aliphatic rings. The van der Waals surface area contributed by atoms with Crippen LogP contribution in [0.3, 0.4) is 0 Å². The van der Waals surface area contributed by atoms with Crippen molar-refractivity contribution in [3.05, 3.63) is 59.9 Å². The summed E-state index contributed by atoms with van der Waals surface area (Å²) in [5.41, 5.74) is 2.04. The first-order valence-electron chi connectivity index (χ1n) is 8.44. The van der Waals surface area contributed by atoms with Gasteiger partial charge in [-0.15, -0.1) is 10.2 Å². The minimum absolute atomic E-state index is 0.0536. The maximum atomic E-state index is 12.5. The van der Waals surface area contributed by atoms with E-state index in [2.05, 4.69) is 10.2 Å². The third-order valence-corrected chi connectivity index (χ3v) is 4.61.